The van der Waals surface area contributed by atoms with E-state index in [1.54, 1.807) is 0 Å². The van der Waals surface area contributed by atoms with E-state index in [0.717, 1.165) is 77.0 Å². The highest BCUT2D eigenvalue weighted by Gasteiger charge is 2.19. The molecule has 1 unspecified atom stereocenters. The van der Waals surface area contributed by atoms with Crippen molar-refractivity contribution in [1.82, 2.24) is 0 Å². The summed E-state index contributed by atoms with van der Waals surface area (Å²) < 4.78 is 16.7. The van der Waals surface area contributed by atoms with Crippen LogP contribution in [0.3, 0.4) is 0 Å². The van der Waals surface area contributed by atoms with Crippen LogP contribution >= 0.6 is 0 Å². The molecule has 0 rings (SSSR count). The van der Waals surface area contributed by atoms with Gasteiger partial charge in [-0.2, -0.15) is 0 Å². The lowest BCUT2D eigenvalue weighted by Gasteiger charge is -2.18. The van der Waals surface area contributed by atoms with Crippen molar-refractivity contribution < 1.29 is 28.6 Å². The molecule has 0 aromatic heterocycles. The number of carbonyl (C=O) groups excluding carboxylic acids is 3. The fourth-order valence-corrected chi connectivity index (χ4v) is 7.70. The molecule has 1 atom stereocenters. The van der Waals surface area contributed by atoms with E-state index < -0.39 is 12.1 Å². The number of esters is 3. The van der Waals surface area contributed by atoms with E-state index in [2.05, 4.69) is 93.7 Å². The summed E-state index contributed by atoms with van der Waals surface area (Å²) in [5, 5.41) is 0. The number of rotatable bonds is 50. The predicted octanol–water partition coefficient (Wildman–Crippen LogP) is 18.8. The molecule has 0 aliphatic rings. The van der Waals surface area contributed by atoms with Gasteiger partial charge in [0.05, 0.1) is 0 Å². The Balaban J connectivity index is 4.28. The molecular formula is C61H104O6. The van der Waals surface area contributed by atoms with Crippen LogP contribution in [0.1, 0.15) is 265 Å². The van der Waals surface area contributed by atoms with Gasteiger partial charge < -0.3 is 14.2 Å². The number of ether oxygens (including phenoxy) is 3. The minimum absolute atomic E-state index is 0.106. The van der Waals surface area contributed by atoms with Crippen molar-refractivity contribution in [2.45, 2.75) is 271 Å². The van der Waals surface area contributed by atoms with Gasteiger partial charge in [-0.1, -0.05) is 247 Å². The lowest BCUT2D eigenvalue weighted by atomic mass is 10.0. The second kappa shape index (κ2) is 55.2. The SMILES string of the molecule is CC/C=C\C/C=C\C/C=C\C/C=C\C/C=C\C/C=C\CCC(=O)OC(COC(=O)CCCCCCCCC)COC(=O)CCCCCCCCCCCCC/C=C\CCCCCCCCCC. The first-order valence-electron chi connectivity index (χ1n) is 28.1. The van der Waals surface area contributed by atoms with E-state index in [0.29, 0.717) is 19.3 Å². The van der Waals surface area contributed by atoms with E-state index in [9.17, 15) is 14.4 Å². The molecular weight excluding hydrogens is 829 g/mol. The van der Waals surface area contributed by atoms with Gasteiger partial charge in [0.1, 0.15) is 13.2 Å². The number of hydrogen-bond donors (Lipinski definition) is 0. The van der Waals surface area contributed by atoms with Crippen LogP contribution in [-0.2, 0) is 28.6 Å². The van der Waals surface area contributed by atoms with E-state index in [-0.39, 0.29) is 31.6 Å². The molecule has 0 saturated carbocycles. The number of hydrogen-bond acceptors (Lipinski definition) is 6. The summed E-state index contributed by atoms with van der Waals surface area (Å²) in [6.45, 7) is 6.43. The van der Waals surface area contributed by atoms with Crippen molar-refractivity contribution in [1.29, 1.82) is 0 Å². The second-order valence-corrected chi connectivity index (χ2v) is 18.5. The average molecular weight is 933 g/mol. The Morgan fingerprint density at radius 2 is 0.612 bits per heavy atom. The number of carbonyl (C=O) groups is 3. The maximum atomic E-state index is 12.8. The molecule has 0 aromatic rings. The Morgan fingerprint density at radius 1 is 0.313 bits per heavy atom. The predicted molar refractivity (Wildman–Crippen MR) is 288 cm³/mol. The molecule has 6 heteroatoms. The highest BCUT2D eigenvalue weighted by molar-refractivity contribution is 5.71. The molecule has 67 heavy (non-hydrogen) atoms. The van der Waals surface area contributed by atoms with Crippen molar-refractivity contribution in [2.24, 2.45) is 0 Å². The molecule has 0 spiro atoms. The average Bonchev–Trinajstić information content (AvgIpc) is 3.33. The summed E-state index contributed by atoms with van der Waals surface area (Å²) in [5.41, 5.74) is 0. The molecule has 6 nitrogen and oxygen atoms in total. The smallest absolute Gasteiger partial charge is 0.306 e. The highest BCUT2D eigenvalue weighted by Crippen LogP contribution is 2.15. The first kappa shape index (κ1) is 63.6. The highest BCUT2D eigenvalue weighted by atomic mass is 16.6. The van der Waals surface area contributed by atoms with Crippen molar-refractivity contribution in [2.75, 3.05) is 13.2 Å². The van der Waals surface area contributed by atoms with Gasteiger partial charge in [-0.15, -0.1) is 0 Å². The molecule has 0 heterocycles. The summed E-state index contributed by atoms with van der Waals surface area (Å²) in [5.74, 6) is -0.995. The maximum Gasteiger partial charge on any atom is 0.306 e. The van der Waals surface area contributed by atoms with Crippen molar-refractivity contribution in [3.05, 3.63) is 85.1 Å². The molecule has 384 valence electrons. The summed E-state index contributed by atoms with van der Waals surface area (Å²) in [6.07, 6.45) is 71.8. The monoisotopic (exact) mass is 933 g/mol. The van der Waals surface area contributed by atoms with Gasteiger partial charge in [0, 0.05) is 19.3 Å². The molecule has 0 amide bonds. The summed E-state index contributed by atoms with van der Waals surface area (Å²) >= 11 is 0. The number of allylic oxidation sites excluding steroid dienone is 14. The lowest BCUT2D eigenvalue weighted by molar-refractivity contribution is -0.166. The van der Waals surface area contributed by atoms with Crippen LogP contribution in [0.5, 0.6) is 0 Å². The zero-order valence-corrected chi connectivity index (χ0v) is 43.9. The third-order valence-electron chi connectivity index (χ3n) is 11.9. The Bertz CT molecular complexity index is 1300. The zero-order valence-electron chi connectivity index (χ0n) is 43.9. The van der Waals surface area contributed by atoms with Crippen LogP contribution in [0.4, 0.5) is 0 Å². The van der Waals surface area contributed by atoms with Crippen LogP contribution in [0.2, 0.25) is 0 Å². The van der Waals surface area contributed by atoms with E-state index >= 15 is 0 Å². The molecule has 0 N–H and O–H groups in total. The van der Waals surface area contributed by atoms with Crippen LogP contribution in [0.15, 0.2) is 85.1 Å². The minimum Gasteiger partial charge on any atom is -0.462 e. The Morgan fingerprint density at radius 3 is 0.970 bits per heavy atom. The van der Waals surface area contributed by atoms with Gasteiger partial charge >= 0.3 is 17.9 Å². The summed E-state index contributed by atoms with van der Waals surface area (Å²) in [7, 11) is 0. The quantitative estimate of drug-likeness (QED) is 0.0262. The summed E-state index contributed by atoms with van der Waals surface area (Å²) in [4.78, 5) is 37.9. The van der Waals surface area contributed by atoms with Crippen LogP contribution in [0, 0.1) is 0 Å². The fraction of sp³-hybridized carbons (Fsp3) is 0.721. The zero-order chi connectivity index (χ0) is 48.6. The molecule has 0 fully saturated rings. The van der Waals surface area contributed by atoms with Gasteiger partial charge in [0.2, 0.25) is 0 Å². The number of unbranched alkanes of at least 4 members (excludes halogenated alkanes) is 25. The van der Waals surface area contributed by atoms with Crippen molar-refractivity contribution in [3.8, 4) is 0 Å². The maximum absolute atomic E-state index is 12.8. The van der Waals surface area contributed by atoms with Crippen LogP contribution in [-0.4, -0.2) is 37.2 Å². The largest absolute Gasteiger partial charge is 0.462 e. The van der Waals surface area contributed by atoms with Crippen LogP contribution < -0.4 is 0 Å². The third kappa shape index (κ3) is 53.4. The normalized spacial score (nSPS) is 12.7. The van der Waals surface area contributed by atoms with Crippen molar-refractivity contribution >= 4 is 17.9 Å². The lowest BCUT2D eigenvalue weighted by Crippen LogP contribution is -2.30. The first-order valence-corrected chi connectivity index (χ1v) is 28.1. The second-order valence-electron chi connectivity index (χ2n) is 18.5. The van der Waals surface area contributed by atoms with Gasteiger partial charge in [-0.25, -0.2) is 0 Å². The molecule has 0 saturated heterocycles. The Hall–Kier alpha value is -3.41. The van der Waals surface area contributed by atoms with Gasteiger partial charge in [0.25, 0.3) is 0 Å². The van der Waals surface area contributed by atoms with E-state index in [1.165, 1.54) is 141 Å². The molecule has 0 aromatic carbocycles. The Kier molecular flexibility index (Phi) is 52.4. The van der Waals surface area contributed by atoms with E-state index in [1.807, 2.05) is 12.2 Å². The van der Waals surface area contributed by atoms with Crippen LogP contribution in [0.25, 0.3) is 0 Å². The van der Waals surface area contributed by atoms with Gasteiger partial charge in [0.15, 0.2) is 6.10 Å². The molecule has 0 radical (unpaired) electrons. The topological polar surface area (TPSA) is 78.9 Å². The first-order chi connectivity index (χ1) is 33.0. The standard InChI is InChI=1S/C61H104O6/c1-4-7-10-13-16-18-20-22-24-26-28-29-30-31-33-34-36-38-40-42-45-48-51-54-60(63)66-57-58(56-65-59(62)53-50-47-44-15-12-9-6-3)67-61(64)55-52-49-46-43-41-39-37-35-32-27-25-23-21-19-17-14-11-8-5-2/h8,11,17,19,23,25-26,28,32,35,39,41,46,49,58H,4-7,9-10,12-16,18,20-22,24,27,29-31,33-34,36-38,40,42-45,47-48,50-57H2,1-3H3/b11-8-,19-17-,25-23-,28-26-,35-32-,41-39-,49-46-. The summed E-state index contributed by atoms with van der Waals surface area (Å²) in [6, 6.07) is 0. The fourth-order valence-electron chi connectivity index (χ4n) is 7.70. The van der Waals surface area contributed by atoms with Crippen molar-refractivity contribution in [3.63, 3.8) is 0 Å². The van der Waals surface area contributed by atoms with Gasteiger partial charge in [-0.3, -0.25) is 14.4 Å². The van der Waals surface area contributed by atoms with Gasteiger partial charge in [-0.05, 0) is 83.5 Å². The molecule has 0 aliphatic carbocycles. The molecule has 0 aliphatic heterocycles. The Labute approximate surface area is 414 Å². The van der Waals surface area contributed by atoms with E-state index in [4.69, 9.17) is 14.2 Å². The molecule has 0 bridgehead atoms. The third-order valence-corrected chi connectivity index (χ3v) is 11.9. The minimum atomic E-state index is -0.814.